The van der Waals surface area contributed by atoms with Crippen molar-refractivity contribution in [2.24, 2.45) is 0 Å². The Balaban J connectivity index is 1.59. The highest BCUT2D eigenvalue weighted by atomic mass is 16.5. The fraction of sp³-hybridized carbons (Fsp3) is 0.667. The Morgan fingerprint density at radius 1 is 1.30 bits per heavy atom. The van der Waals surface area contributed by atoms with Crippen molar-refractivity contribution in [3.05, 3.63) is 35.4 Å². The molecule has 2 unspecified atom stereocenters. The first kappa shape index (κ1) is 14.1. The first-order valence-electron chi connectivity index (χ1n) is 8.23. The number of hydrogen-bond donors (Lipinski definition) is 1. The zero-order valence-electron chi connectivity index (χ0n) is 12.6. The lowest BCUT2D eigenvalue weighted by molar-refractivity contribution is 0.101. The van der Waals surface area contributed by atoms with E-state index >= 15 is 0 Å². The second-order valence-corrected chi connectivity index (χ2v) is 6.51. The lowest BCUT2D eigenvalue weighted by atomic mass is 9.91. The molecule has 110 valence electrons. The molecule has 1 aromatic carbocycles. The molecular weight excluding hydrogens is 246 g/mol. The van der Waals surface area contributed by atoms with Gasteiger partial charge in [0.25, 0.3) is 0 Å². The third kappa shape index (κ3) is 4.07. The van der Waals surface area contributed by atoms with Gasteiger partial charge < -0.3 is 10.1 Å². The average Bonchev–Trinajstić information content (AvgIpc) is 3.13. The van der Waals surface area contributed by atoms with Crippen LogP contribution in [0.2, 0.25) is 0 Å². The molecule has 1 aliphatic heterocycles. The molecule has 20 heavy (non-hydrogen) atoms. The van der Waals surface area contributed by atoms with E-state index in [4.69, 9.17) is 4.74 Å². The van der Waals surface area contributed by atoms with E-state index in [1.54, 1.807) is 0 Å². The average molecular weight is 273 g/mol. The van der Waals surface area contributed by atoms with Gasteiger partial charge in [-0.05, 0) is 56.9 Å². The molecule has 1 heterocycles. The highest BCUT2D eigenvalue weighted by Crippen LogP contribution is 2.27. The zero-order valence-corrected chi connectivity index (χ0v) is 12.6. The van der Waals surface area contributed by atoms with E-state index in [1.807, 2.05) is 0 Å². The highest BCUT2D eigenvalue weighted by Gasteiger charge is 2.23. The number of benzene rings is 1. The molecule has 2 heteroatoms. The maximum atomic E-state index is 5.78. The monoisotopic (exact) mass is 273 g/mol. The minimum absolute atomic E-state index is 0.517. The molecule has 1 aliphatic carbocycles. The molecule has 2 nitrogen and oxygen atoms in total. The maximum Gasteiger partial charge on any atom is 0.0576 e. The van der Waals surface area contributed by atoms with Crippen molar-refractivity contribution in [3.63, 3.8) is 0 Å². The van der Waals surface area contributed by atoms with Gasteiger partial charge in [-0.1, -0.05) is 29.8 Å². The van der Waals surface area contributed by atoms with Gasteiger partial charge in [0.15, 0.2) is 0 Å². The molecule has 3 rings (SSSR count). The number of nitrogens with one attached hydrogen (secondary N) is 1. The Kier molecular flexibility index (Phi) is 4.74. The molecule has 1 saturated carbocycles. The highest BCUT2D eigenvalue weighted by molar-refractivity contribution is 5.25. The van der Waals surface area contributed by atoms with Crippen molar-refractivity contribution in [2.75, 3.05) is 13.2 Å². The van der Waals surface area contributed by atoms with Gasteiger partial charge in [0.1, 0.15) is 0 Å². The fourth-order valence-corrected chi connectivity index (χ4v) is 3.17. The van der Waals surface area contributed by atoms with Gasteiger partial charge in [-0.2, -0.15) is 0 Å². The van der Waals surface area contributed by atoms with E-state index in [9.17, 15) is 0 Å². The predicted molar refractivity (Wildman–Crippen MR) is 83.2 cm³/mol. The van der Waals surface area contributed by atoms with Gasteiger partial charge in [-0.15, -0.1) is 0 Å². The van der Waals surface area contributed by atoms with Crippen LogP contribution in [0.3, 0.4) is 0 Å². The van der Waals surface area contributed by atoms with Crippen molar-refractivity contribution in [1.82, 2.24) is 5.32 Å². The van der Waals surface area contributed by atoms with Gasteiger partial charge in [-0.3, -0.25) is 0 Å². The number of hydrogen-bond acceptors (Lipinski definition) is 2. The third-order valence-corrected chi connectivity index (χ3v) is 4.60. The lowest BCUT2D eigenvalue weighted by Crippen LogP contribution is -2.24. The Morgan fingerprint density at radius 2 is 2.20 bits per heavy atom. The second-order valence-electron chi connectivity index (χ2n) is 6.51. The van der Waals surface area contributed by atoms with Crippen LogP contribution in [0.5, 0.6) is 0 Å². The Hall–Kier alpha value is -0.860. The molecule has 2 atom stereocenters. The SMILES string of the molecule is Cc1cccc(C(CCC2CCCO2)CNC2CC2)c1. The number of aryl methyl sites for hydroxylation is 1. The van der Waals surface area contributed by atoms with Gasteiger partial charge >= 0.3 is 0 Å². The van der Waals surface area contributed by atoms with Gasteiger partial charge in [-0.25, -0.2) is 0 Å². The van der Waals surface area contributed by atoms with Crippen LogP contribution in [0.4, 0.5) is 0 Å². The quantitative estimate of drug-likeness (QED) is 0.816. The summed E-state index contributed by atoms with van der Waals surface area (Å²) in [5, 5.41) is 3.71. The normalized spacial score (nSPS) is 23.9. The largest absolute Gasteiger partial charge is 0.378 e. The molecule has 1 saturated heterocycles. The predicted octanol–water partition coefficient (Wildman–Crippen LogP) is 3.79. The van der Waals surface area contributed by atoms with Crippen molar-refractivity contribution in [2.45, 2.75) is 63.5 Å². The second kappa shape index (κ2) is 6.73. The van der Waals surface area contributed by atoms with E-state index < -0.39 is 0 Å². The Morgan fingerprint density at radius 3 is 2.90 bits per heavy atom. The van der Waals surface area contributed by atoms with Gasteiger partial charge in [0.2, 0.25) is 0 Å². The van der Waals surface area contributed by atoms with Gasteiger partial charge in [0, 0.05) is 19.2 Å². The summed E-state index contributed by atoms with van der Waals surface area (Å²) in [7, 11) is 0. The van der Waals surface area contributed by atoms with E-state index in [0.29, 0.717) is 12.0 Å². The first-order valence-corrected chi connectivity index (χ1v) is 8.23. The van der Waals surface area contributed by atoms with Crippen LogP contribution in [0.1, 0.15) is 55.6 Å². The summed E-state index contributed by atoms with van der Waals surface area (Å²) in [5.74, 6) is 0.639. The van der Waals surface area contributed by atoms with E-state index in [1.165, 1.54) is 49.7 Å². The Labute approximate surface area is 122 Å². The van der Waals surface area contributed by atoms with Crippen LogP contribution in [-0.2, 0) is 4.74 Å². The smallest absolute Gasteiger partial charge is 0.0576 e. The molecular formula is C18H27NO. The summed E-state index contributed by atoms with van der Waals surface area (Å²) in [5.41, 5.74) is 2.87. The number of rotatable bonds is 7. The summed E-state index contributed by atoms with van der Waals surface area (Å²) in [6.07, 6.45) is 8.22. The minimum atomic E-state index is 0.517. The molecule has 1 N–H and O–H groups in total. The van der Waals surface area contributed by atoms with Crippen LogP contribution in [0, 0.1) is 6.92 Å². The third-order valence-electron chi connectivity index (χ3n) is 4.60. The summed E-state index contributed by atoms with van der Waals surface area (Å²) >= 11 is 0. The van der Waals surface area contributed by atoms with Crippen molar-refractivity contribution < 1.29 is 4.74 Å². The lowest BCUT2D eigenvalue weighted by Gasteiger charge is -2.20. The molecule has 0 radical (unpaired) electrons. The van der Waals surface area contributed by atoms with Crippen molar-refractivity contribution in [1.29, 1.82) is 0 Å². The number of ether oxygens (including phenoxy) is 1. The van der Waals surface area contributed by atoms with Crippen LogP contribution in [0.15, 0.2) is 24.3 Å². The van der Waals surface area contributed by atoms with E-state index in [-0.39, 0.29) is 0 Å². The standard InChI is InChI=1S/C18H27NO/c1-14-4-2-5-15(12-14)16(13-19-17-8-9-17)7-10-18-6-3-11-20-18/h2,4-5,12,16-19H,3,6-11,13H2,1H3. The molecule has 0 bridgehead atoms. The molecule has 2 fully saturated rings. The van der Waals surface area contributed by atoms with Crippen molar-refractivity contribution in [3.8, 4) is 0 Å². The van der Waals surface area contributed by atoms with E-state index in [2.05, 4.69) is 36.5 Å². The zero-order chi connectivity index (χ0) is 13.8. The molecule has 0 amide bonds. The first-order chi connectivity index (χ1) is 9.81. The molecule has 1 aromatic rings. The van der Waals surface area contributed by atoms with Crippen LogP contribution in [-0.4, -0.2) is 25.3 Å². The molecule has 0 aromatic heterocycles. The molecule has 2 aliphatic rings. The van der Waals surface area contributed by atoms with E-state index in [0.717, 1.165) is 19.2 Å². The van der Waals surface area contributed by atoms with Crippen LogP contribution >= 0.6 is 0 Å². The Bertz CT molecular complexity index is 421. The topological polar surface area (TPSA) is 21.3 Å². The summed E-state index contributed by atoms with van der Waals surface area (Å²) in [6, 6.07) is 9.83. The van der Waals surface area contributed by atoms with Crippen LogP contribution < -0.4 is 5.32 Å². The summed E-state index contributed by atoms with van der Waals surface area (Å²) in [6.45, 7) is 4.29. The van der Waals surface area contributed by atoms with Crippen molar-refractivity contribution >= 4 is 0 Å². The van der Waals surface area contributed by atoms with Gasteiger partial charge in [0.05, 0.1) is 6.10 Å². The van der Waals surface area contributed by atoms with Crippen LogP contribution in [0.25, 0.3) is 0 Å². The minimum Gasteiger partial charge on any atom is -0.378 e. The molecule has 0 spiro atoms. The summed E-state index contributed by atoms with van der Waals surface area (Å²) < 4.78 is 5.78. The maximum absolute atomic E-state index is 5.78. The fourth-order valence-electron chi connectivity index (χ4n) is 3.17. The summed E-state index contributed by atoms with van der Waals surface area (Å²) in [4.78, 5) is 0.